The van der Waals surface area contributed by atoms with Gasteiger partial charge in [0.2, 0.25) is 10.0 Å². The molecule has 0 atom stereocenters. The topological polar surface area (TPSA) is 101 Å². The van der Waals surface area contributed by atoms with E-state index in [0.29, 0.717) is 16.4 Å². The van der Waals surface area contributed by atoms with Gasteiger partial charge in [-0.3, -0.25) is 19.1 Å². The standard InChI is InChI=1S/C25H24ClN3O4S/c1-25(2,3)21-14-19(29-10-9-22(30)27-24(29)31)13-20(23(21)26)17-6-5-16-12-18(28-34(4,32)33)8-7-15(16)11-17/h5-14,28H,1-4H3,(H,27,30,31). The highest BCUT2D eigenvalue weighted by atomic mass is 35.5. The summed E-state index contributed by atoms with van der Waals surface area (Å²) in [6, 6.07) is 16.0. The maximum Gasteiger partial charge on any atom is 0.332 e. The molecule has 2 N–H and O–H groups in total. The molecule has 0 aliphatic rings. The van der Waals surface area contributed by atoms with Crippen molar-refractivity contribution in [2.24, 2.45) is 0 Å². The van der Waals surface area contributed by atoms with E-state index in [1.54, 1.807) is 12.1 Å². The van der Waals surface area contributed by atoms with Gasteiger partial charge in [0.15, 0.2) is 0 Å². The van der Waals surface area contributed by atoms with E-state index in [2.05, 4.69) is 9.71 Å². The lowest BCUT2D eigenvalue weighted by atomic mass is 9.84. The number of sulfonamides is 1. The van der Waals surface area contributed by atoms with Gasteiger partial charge in [-0.1, -0.05) is 50.6 Å². The monoisotopic (exact) mass is 497 g/mol. The van der Waals surface area contributed by atoms with Crippen molar-refractivity contribution in [1.29, 1.82) is 0 Å². The average molecular weight is 498 g/mol. The number of nitrogens with one attached hydrogen (secondary N) is 2. The van der Waals surface area contributed by atoms with Crippen LogP contribution in [0.5, 0.6) is 0 Å². The summed E-state index contributed by atoms with van der Waals surface area (Å²) in [7, 11) is -3.38. The largest absolute Gasteiger partial charge is 0.332 e. The molecule has 0 bridgehead atoms. The molecule has 0 fully saturated rings. The molecule has 9 heteroatoms. The molecule has 0 radical (unpaired) electrons. The minimum Gasteiger partial charge on any atom is -0.284 e. The Labute approximate surface area is 202 Å². The normalized spacial score (nSPS) is 12.1. The summed E-state index contributed by atoms with van der Waals surface area (Å²) in [5.41, 5.74) is 2.18. The highest BCUT2D eigenvalue weighted by Crippen LogP contribution is 2.39. The SMILES string of the molecule is CC(C)(C)c1cc(-n2ccc(=O)[nH]c2=O)cc(-c2ccc3cc(NS(C)(=O)=O)ccc3c2)c1Cl. The molecule has 0 aliphatic heterocycles. The van der Waals surface area contributed by atoms with Crippen molar-refractivity contribution in [1.82, 2.24) is 9.55 Å². The summed E-state index contributed by atoms with van der Waals surface area (Å²) in [4.78, 5) is 26.3. The van der Waals surface area contributed by atoms with E-state index < -0.39 is 21.3 Å². The second kappa shape index (κ2) is 8.45. The Morgan fingerprint density at radius 3 is 2.26 bits per heavy atom. The van der Waals surface area contributed by atoms with E-state index in [0.717, 1.165) is 33.7 Å². The maximum absolute atomic E-state index is 12.5. The molecule has 34 heavy (non-hydrogen) atoms. The van der Waals surface area contributed by atoms with Crippen LogP contribution in [0.3, 0.4) is 0 Å². The van der Waals surface area contributed by atoms with E-state index in [1.165, 1.54) is 16.8 Å². The van der Waals surface area contributed by atoms with Crippen LogP contribution in [0.4, 0.5) is 5.69 Å². The highest BCUT2D eigenvalue weighted by Gasteiger charge is 2.22. The third-order valence-electron chi connectivity index (χ3n) is 5.42. The van der Waals surface area contributed by atoms with Gasteiger partial charge in [-0.25, -0.2) is 13.2 Å². The van der Waals surface area contributed by atoms with Crippen molar-refractivity contribution in [2.75, 3.05) is 11.0 Å². The molecule has 4 rings (SSSR count). The minimum atomic E-state index is -3.38. The summed E-state index contributed by atoms with van der Waals surface area (Å²) < 4.78 is 27.0. The quantitative estimate of drug-likeness (QED) is 0.428. The van der Waals surface area contributed by atoms with Crippen LogP contribution in [0.2, 0.25) is 5.02 Å². The van der Waals surface area contributed by atoms with Crippen molar-refractivity contribution in [2.45, 2.75) is 26.2 Å². The Kier molecular flexibility index (Phi) is 5.91. The number of nitrogens with zero attached hydrogens (tertiary/aromatic N) is 1. The third kappa shape index (κ3) is 4.93. The molecule has 0 saturated carbocycles. The van der Waals surface area contributed by atoms with E-state index in [1.807, 2.05) is 57.2 Å². The summed E-state index contributed by atoms with van der Waals surface area (Å²) >= 11 is 6.88. The number of aromatic nitrogens is 2. The number of rotatable bonds is 4. The molecule has 0 spiro atoms. The lowest BCUT2D eigenvalue weighted by Crippen LogP contribution is -2.27. The number of aromatic amines is 1. The van der Waals surface area contributed by atoms with E-state index in [9.17, 15) is 18.0 Å². The molecular weight excluding hydrogens is 474 g/mol. The Morgan fingerprint density at radius 1 is 0.941 bits per heavy atom. The first kappa shape index (κ1) is 23.8. The van der Waals surface area contributed by atoms with Crippen molar-refractivity contribution in [3.8, 4) is 16.8 Å². The fraction of sp³-hybridized carbons (Fsp3) is 0.200. The zero-order valence-corrected chi connectivity index (χ0v) is 20.7. The van der Waals surface area contributed by atoms with Gasteiger partial charge in [0.05, 0.1) is 17.0 Å². The Morgan fingerprint density at radius 2 is 1.62 bits per heavy atom. The van der Waals surface area contributed by atoms with Crippen molar-refractivity contribution >= 4 is 38.1 Å². The van der Waals surface area contributed by atoms with Crippen molar-refractivity contribution in [3.05, 3.63) is 92.2 Å². The second-order valence-corrected chi connectivity index (χ2v) is 11.4. The molecular formula is C25H24ClN3O4S. The summed E-state index contributed by atoms with van der Waals surface area (Å²) in [6.45, 7) is 6.11. The van der Waals surface area contributed by atoms with Crippen LogP contribution in [0.25, 0.3) is 27.6 Å². The minimum absolute atomic E-state index is 0.309. The first-order valence-electron chi connectivity index (χ1n) is 10.5. The van der Waals surface area contributed by atoms with Gasteiger partial charge in [-0.2, -0.15) is 0 Å². The van der Waals surface area contributed by atoms with Gasteiger partial charge in [0.25, 0.3) is 5.56 Å². The van der Waals surface area contributed by atoms with E-state index >= 15 is 0 Å². The van der Waals surface area contributed by atoms with Gasteiger partial charge in [0.1, 0.15) is 0 Å². The predicted octanol–water partition coefficient (Wildman–Crippen LogP) is 4.67. The van der Waals surface area contributed by atoms with E-state index in [-0.39, 0.29) is 5.41 Å². The van der Waals surface area contributed by atoms with Gasteiger partial charge in [-0.15, -0.1) is 0 Å². The van der Waals surface area contributed by atoms with Gasteiger partial charge < -0.3 is 0 Å². The number of hydrogen-bond acceptors (Lipinski definition) is 4. The Balaban J connectivity index is 1.91. The van der Waals surface area contributed by atoms with Crippen LogP contribution < -0.4 is 16.0 Å². The predicted molar refractivity (Wildman–Crippen MR) is 138 cm³/mol. The fourth-order valence-electron chi connectivity index (χ4n) is 3.82. The third-order valence-corrected chi connectivity index (χ3v) is 6.44. The highest BCUT2D eigenvalue weighted by molar-refractivity contribution is 7.92. The number of halogens is 1. The van der Waals surface area contributed by atoms with Gasteiger partial charge >= 0.3 is 5.69 Å². The fourth-order valence-corrected chi connectivity index (χ4v) is 4.87. The zero-order valence-electron chi connectivity index (χ0n) is 19.1. The number of H-pyrrole nitrogens is 1. The first-order chi connectivity index (χ1) is 15.8. The van der Waals surface area contributed by atoms with Crippen LogP contribution in [0, 0.1) is 0 Å². The summed E-state index contributed by atoms with van der Waals surface area (Å²) in [5, 5.41) is 2.33. The van der Waals surface area contributed by atoms with E-state index in [4.69, 9.17) is 11.6 Å². The number of anilines is 1. The number of fused-ring (bicyclic) bond motifs is 1. The summed E-state index contributed by atoms with van der Waals surface area (Å²) in [5.74, 6) is 0. The molecule has 176 valence electrons. The lowest BCUT2D eigenvalue weighted by molar-refractivity contribution is 0.590. The molecule has 0 amide bonds. The smallest absolute Gasteiger partial charge is 0.284 e. The molecule has 4 aromatic rings. The molecule has 0 saturated heterocycles. The zero-order chi connectivity index (χ0) is 24.8. The lowest BCUT2D eigenvalue weighted by Gasteiger charge is -2.24. The van der Waals surface area contributed by atoms with Gasteiger partial charge in [-0.05, 0) is 57.6 Å². The van der Waals surface area contributed by atoms with Crippen LogP contribution in [-0.2, 0) is 15.4 Å². The first-order valence-corrected chi connectivity index (χ1v) is 12.8. The number of benzene rings is 3. The Hall–Kier alpha value is -3.36. The van der Waals surface area contributed by atoms with Crippen LogP contribution in [0.15, 0.2) is 70.4 Å². The van der Waals surface area contributed by atoms with Gasteiger partial charge in [0, 0.05) is 23.5 Å². The van der Waals surface area contributed by atoms with Crippen LogP contribution in [-0.4, -0.2) is 24.2 Å². The molecule has 7 nitrogen and oxygen atoms in total. The number of hydrogen-bond donors (Lipinski definition) is 2. The molecule has 1 heterocycles. The molecule has 0 unspecified atom stereocenters. The van der Waals surface area contributed by atoms with Crippen molar-refractivity contribution in [3.63, 3.8) is 0 Å². The second-order valence-electron chi connectivity index (χ2n) is 9.24. The van der Waals surface area contributed by atoms with Crippen LogP contribution >= 0.6 is 11.6 Å². The molecule has 0 aliphatic carbocycles. The summed E-state index contributed by atoms with van der Waals surface area (Å²) in [6.07, 6.45) is 2.55. The molecule has 3 aromatic carbocycles. The molecule has 1 aromatic heterocycles. The Bertz CT molecular complexity index is 1650. The maximum atomic E-state index is 12.5. The van der Waals surface area contributed by atoms with Crippen LogP contribution in [0.1, 0.15) is 26.3 Å². The van der Waals surface area contributed by atoms with Crippen molar-refractivity contribution < 1.29 is 8.42 Å². The average Bonchev–Trinajstić information content (AvgIpc) is 2.72.